The van der Waals surface area contributed by atoms with Crippen molar-refractivity contribution >= 4 is 30.3 Å². The number of fused-ring (bicyclic) bond motifs is 3. The van der Waals surface area contributed by atoms with Crippen LogP contribution in [0.3, 0.4) is 0 Å². The lowest BCUT2D eigenvalue weighted by atomic mass is 9.75. The first-order valence-corrected chi connectivity index (χ1v) is 14.8. The Labute approximate surface area is 251 Å². The Morgan fingerprint density at radius 3 is 2.30 bits per heavy atom. The average molecular weight is 609 g/mol. The van der Waals surface area contributed by atoms with E-state index in [0.717, 1.165) is 39.5 Å². The first-order valence-electron chi connectivity index (χ1n) is 14.8. The zero-order chi connectivity index (χ0) is 32.3. The zero-order valence-corrected chi connectivity index (χ0v) is 26.0. The van der Waals surface area contributed by atoms with E-state index in [2.05, 4.69) is 6.92 Å². The third-order valence-corrected chi connectivity index (χ3v) is 9.01. The molecule has 240 valence electrons. The van der Waals surface area contributed by atoms with Crippen LogP contribution in [0.15, 0.2) is 22.8 Å². The van der Waals surface area contributed by atoms with Gasteiger partial charge in [0, 0.05) is 25.3 Å². The van der Waals surface area contributed by atoms with Crippen LogP contribution in [-0.4, -0.2) is 81.8 Å². The highest BCUT2D eigenvalue weighted by molar-refractivity contribution is 5.88. The molecule has 0 spiro atoms. The van der Waals surface area contributed by atoms with Crippen molar-refractivity contribution in [1.82, 2.24) is 0 Å². The Morgan fingerprint density at radius 2 is 1.72 bits per heavy atom. The molecule has 0 bridgehead atoms. The highest BCUT2D eigenvalue weighted by atomic mass is 16.6. The first-order chi connectivity index (χ1) is 20.1. The van der Waals surface area contributed by atoms with Gasteiger partial charge in [0.25, 0.3) is 6.47 Å². The van der Waals surface area contributed by atoms with Crippen LogP contribution >= 0.6 is 0 Å². The minimum Gasteiger partial charge on any atom is -0.461 e. The van der Waals surface area contributed by atoms with Crippen molar-refractivity contribution < 1.29 is 57.9 Å². The molecular weight excluding hydrogens is 564 g/mol. The first kappa shape index (κ1) is 34.2. The summed E-state index contributed by atoms with van der Waals surface area (Å²) in [6, 6.07) is 0. The second-order valence-corrected chi connectivity index (χ2v) is 12.0. The molecule has 43 heavy (non-hydrogen) atoms. The lowest BCUT2D eigenvalue weighted by molar-refractivity contribution is -0.206. The van der Waals surface area contributed by atoms with E-state index >= 15 is 0 Å². The maximum absolute atomic E-state index is 13.2. The summed E-state index contributed by atoms with van der Waals surface area (Å²) in [5, 5.41) is 23.3. The number of carbonyl (C=O) groups excluding carboxylic acids is 5. The summed E-state index contributed by atoms with van der Waals surface area (Å²) in [5.41, 5.74) is -6.11. The standard InChI is InChI=1S/C31H44O12/c1-8-10-11-12-13-14-21(34)40-25-23-22(18(4)24(25)41-27(35)17(3)9-2)26-31(38,30(7,37)28(36)42-26)20(39-16-32)15-29(23,6)43-19(5)33/h9,16,20,23-26,37-38H,8,10-15H2,1-7H3/b17-9-/t20-,23+,24-,25-,26-,29-,30+,31+/m0/s1. The summed E-state index contributed by atoms with van der Waals surface area (Å²) in [6.07, 6.45) is -0.131. The number of esters is 4. The fourth-order valence-electron chi connectivity index (χ4n) is 6.57. The fourth-order valence-corrected chi connectivity index (χ4v) is 6.57. The summed E-state index contributed by atoms with van der Waals surface area (Å²) in [6.45, 7) is 10.6. The lowest BCUT2D eigenvalue weighted by Gasteiger charge is -2.41. The molecule has 2 aliphatic carbocycles. The Bertz CT molecular complexity index is 1190. The van der Waals surface area contributed by atoms with Crippen molar-refractivity contribution in [3.05, 3.63) is 22.8 Å². The Morgan fingerprint density at radius 1 is 1.07 bits per heavy atom. The van der Waals surface area contributed by atoms with Crippen molar-refractivity contribution in [3.63, 3.8) is 0 Å². The molecule has 2 fully saturated rings. The van der Waals surface area contributed by atoms with E-state index in [9.17, 15) is 34.2 Å². The van der Waals surface area contributed by atoms with E-state index in [1.54, 1.807) is 26.8 Å². The van der Waals surface area contributed by atoms with E-state index in [1.165, 1.54) is 6.92 Å². The molecule has 0 aromatic rings. The van der Waals surface area contributed by atoms with Crippen LogP contribution in [-0.2, 0) is 47.7 Å². The Kier molecular flexibility index (Phi) is 10.5. The van der Waals surface area contributed by atoms with Gasteiger partial charge in [-0.2, -0.15) is 0 Å². The second kappa shape index (κ2) is 13.2. The molecule has 12 heteroatoms. The van der Waals surface area contributed by atoms with E-state index < -0.39 is 77.4 Å². The number of hydrogen-bond donors (Lipinski definition) is 2. The van der Waals surface area contributed by atoms with Crippen LogP contribution < -0.4 is 0 Å². The van der Waals surface area contributed by atoms with Crippen molar-refractivity contribution in [3.8, 4) is 0 Å². The quantitative estimate of drug-likeness (QED) is 0.0830. The fraction of sp³-hybridized carbons (Fsp3) is 0.710. The SMILES string of the molecule is C/C=C(/C)C(=O)O[C@H]1C(C)=C2[C@H]([C@@H]1OC(=O)CCCCCCC)[C@@](C)(OC(C)=O)C[C@H](OC=O)[C@@]1(O)[C@H]2OC(=O)[C@@]1(C)O. The maximum atomic E-state index is 13.2. The molecule has 1 saturated carbocycles. The molecule has 0 aromatic heterocycles. The van der Waals surface area contributed by atoms with E-state index in [0.29, 0.717) is 6.42 Å². The van der Waals surface area contributed by atoms with Gasteiger partial charge in [0.15, 0.2) is 29.5 Å². The molecule has 1 saturated heterocycles. The number of rotatable bonds is 12. The minimum atomic E-state index is -2.56. The van der Waals surface area contributed by atoms with Crippen LogP contribution in [0.5, 0.6) is 0 Å². The van der Waals surface area contributed by atoms with Gasteiger partial charge in [-0.3, -0.25) is 14.4 Å². The molecule has 0 aromatic carbocycles. The van der Waals surface area contributed by atoms with E-state index in [4.69, 9.17) is 23.7 Å². The monoisotopic (exact) mass is 608 g/mol. The van der Waals surface area contributed by atoms with Crippen LogP contribution in [0.1, 0.15) is 93.4 Å². The third-order valence-electron chi connectivity index (χ3n) is 9.01. The zero-order valence-electron chi connectivity index (χ0n) is 26.0. The summed E-state index contributed by atoms with van der Waals surface area (Å²) >= 11 is 0. The largest absolute Gasteiger partial charge is 0.461 e. The lowest BCUT2D eigenvalue weighted by Crippen LogP contribution is -2.64. The molecule has 8 atom stereocenters. The molecule has 0 unspecified atom stereocenters. The highest BCUT2D eigenvalue weighted by Gasteiger charge is 2.75. The van der Waals surface area contributed by atoms with Crippen LogP contribution in [0.4, 0.5) is 0 Å². The van der Waals surface area contributed by atoms with Crippen molar-refractivity contribution in [1.29, 1.82) is 0 Å². The summed E-state index contributed by atoms with van der Waals surface area (Å²) in [7, 11) is 0. The van der Waals surface area contributed by atoms with Crippen LogP contribution in [0, 0.1) is 5.92 Å². The number of ether oxygens (including phenoxy) is 5. The molecule has 2 N–H and O–H groups in total. The molecule has 3 rings (SSSR count). The second-order valence-electron chi connectivity index (χ2n) is 12.0. The molecule has 1 aliphatic heterocycles. The predicted octanol–water partition coefficient (Wildman–Crippen LogP) is 2.76. The predicted molar refractivity (Wildman–Crippen MR) is 150 cm³/mol. The number of carbonyl (C=O) groups is 5. The van der Waals surface area contributed by atoms with Gasteiger partial charge in [-0.25, -0.2) is 9.59 Å². The normalized spacial score (nSPS) is 35.3. The topological polar surface area (TPSA) is 172 Å². The summed E-state index contributed by atoms with van der Waals surface area (Å²) < 4.78 is 28.5. The number of allylic oxidation sites excluding steroid dienone is 1. The van der Waals surface area contributed by atoms with E-state index in [-0.39, 0.29) is 29.6 Å². The maximum Gasteiger partial charge on any atom is 0.341 e. The van der Waals surface area contributed by atoms with Crippen LogP contribution in [0.25, 0.3) is 0 Å². The highest BCUT2D eigenvalue weighted by Crippen LogP contribution is 2.57. The smallest absolute Gasteiger partial charge is 0.341 e. The Balaban J connectivity index is 2.20. The third kappa shape index (κ3) is 6.22. The van der Waals surface area contributed by atoms with Gasteiger partial charge in [-0.15, -0.1) is 0 Å². The molecule has 3 aliphatic rings. The summed E-state index contributed by atoms with van der Waals surface area (Å²) in [5.74, 6) is -4.34. The van der Waals surface area contributed by atoms with Gasteiger partial charge in [0.2, 0.25) is 0 Å². The van der Waals surface area contributed by atoms with Gasteiger partial charge in [0.05, 0.1) is 5.92 Å². The van der Waals surface area contributed by atoms with Gasteiger partial charge < -0.3 is 33.9 Å². The molecule has 0 radical (unpaired) electrons. The van der Waals surface area contributed by atoms with Gasteiger partial charge in [0.1, 0.15) is 11.7 Å². The Hall–Kier alpha value is -3.25. The van der Waals surface area contributed by atoms with Gasteiger partial charge >= 0.3 is 23.9 Å². The number of hydrogen-bond acceptors (Lipinski definition) is 12. The molecular formula is C31H44O12. The molecule has 1 heterocycles. The molecule has 0 amide bonds. The summed E-state index contributed by atoms with van der Waals surface area (Å²) in [4.78, 5) is 63.2. The van der Waals surface area contributed by atoms with Crippen molar-refractivity contribution in [2.24, 2.45) is 5.92 Å². The molecule has 12 nitrogen and oxygen atoms in total. The van der Waals surface area contributed by atoms with Crippen molar-refractivity contribution in [2.75, 3.05) is 0 Å². The van der Waals surface area contributed by atoms with E-state index in [1.807, 2.05) is 0 Å². The minimum absolute atomic E-state index is 0.0512. The number of unbranched alkanes of at least 4 members (excludes halogenated alkanes) is 4. The van der Waals surface area contributed by atoms with Gasteiger partial charge in [-0.1, -0.05) is 38.7 Å². The van der Waals surface area contributed by atoms with Crippen molar-refractivity contribution in [2.45, 2.75) is 135 Å². The van der Waals surface area contributed by atoms with Gasteiger partial charge in [-0.05, 0) is 52.2 Å². The number of aliphatic hydroxyl groups is 2. The van der Waals surface area contributed by atoms with Crippen LogP contribution in [0.2, 0.25) is 0 Å². The average Bonchev–Trinajstić information content (AvgIpc) is 3.26.